The Morgan fingerprint density at radius 3 is 1.98 bits per heavy atom. The highest BCUT2D eigenvalue weighted by molar-refractivity contribution is 5.86. The number of ether oxygens (including phenoxy) is 1. The third-order valence-corrected chi connectivity index (χ3v) is 10.2. The molecule has 0 bridgehead atoms. The fourth-order valence-corrected chi connectivity index (χ4v) is 7.71. The first-order valence-electron chi connectivity index (χ1n) is 17.0. The predicted molar refractivity (Wildman–Crippen MR) is 178 cm³/mol. The van der Waals surface area contributed by atoms with Gasteiger partial charge < -0.3 is 9.64 Å². The minimum atomic E-state index is -0.253. The summed E-state index contributed by atoms with van der Waals surface area (Å²) in [5, 5.41) is 0. The predicted octanol–water partition coefficient (Wildman–Crippen LogP) is 9.85. The molecular weight excluding hydrogens is 514 g/mol. The summed E-state index contributed by atoms with van der Waals surface area (Å²) in [5.74, 6) is 3.45. The molecular formula is C39H57NO2. The van der Waals surface area contributed by atoms with Crippen molar-refractivity contribution in [3.63, 3.8) is 0 Å². The largest absolute Gasteiger partial charge is 0.462 e. The van der Waals surface area contributed by atoms with E-state index in [0.29, 0.717) is 18.1 Å². The zero-order valence-electron chi connectivity index (χ0n) is 27.1. The maximum absolute atomic E-state index is 11.9. The van der Waals surface area contributed by atoms with Crippen molar-refractivity contribution in [2.45, 2.75) is 103 Å². The molecule has 0 heterocycles. The van der Waals surface area contributed by atoms with Crippen LogP contribution in [-0.4, -0.2) is 38.1 Å². The Morgan fingerprint density at radius 2 is 1.43 bits per heavy atom. The number of rotatable bonds is 14. The van der Waals surface area contributed by atoms with E-state index in [-0.39, 0.29) is 5.97 Å². The van der Waals surface area contributed by atoms with Gasteiger partial charge in [-0.2, -0.15) is 0 Å². The highest BCUT2D eigenvalue weighted by Gasteiger charge is 2.32. The molecule has 2 fully saturated rings. The fourth-order valence-electron chi connectivity index (χ4n) is 7.71. The number of carbonyl (C=O) groups excluding carboxylic acids is 1. The fraction of sp³-hybridized carbons (Fsp3) is 0.615. The Bertz CT molecular complexity index is 1090. The second kappa shape index (κ2) is 16.5. The lowest BCUT2D eigenvalue weighted by molar-refractivity contribution is -0.140. The highest BCUT2D eigenvalue weighted by Crippen LogP contribution is 2.45. The van der Waals surface area contributed by atoms with Crippen molar-refractivity contribution in [3.8, 4) is 11.1 Å². The summed E-state index contributed by atoms with van der Waals surface area (Å²) >= 11 is 0. The monoisotopic (exact) mass is 571 g/mol. The highest BCUT2D eigenvalue weighted by atomic mass is 16.5. The van der Waals surface area contributed by atoms with Crippen molar-refractivity contribution in [2.75, 3.05) is 27.2 Å². The Morgan fingerprint density at radius 1 is 0.857 bits per heavy atom. The number of carbonyl (C=O) groups is 1. The lowest BCUT2D eigenvalue weighted by Crippen LogP contribution is -2.30. The van der Waals surface area contributed by atoms with Crippen molar-refractivity contribution in [1.82, 2.24) is 4.90 Å². The molecule has 0 N–H and O–H groups in total. The van der Waals surface area contributed by atoms with Crippen LogP contribution in [0.2, 0.25) is 0 Å². The van der Waals surface area contributed by atoms with Crippen LogP contribution in [0.3, 0.4) is 0 Å². The lowest BCUT2D eigenvalue weighted by Gasteiger charge is -2.38. The summed E-state index contributed by atoms with van der Waals surface area (Å²) < 4.78 is 5.55. The molecule has 2 aromatic carbocycles. The zero-order valence-corrected chi connectivity index (χ0v) is 27.1. The molecule has 0 aromatic heterocycles. The number of unbranched alkanes of at least 4 members (excludes halogenated alkanes) is 2. The van der Waals surface area contributed by atoms with Gasteiger partial charge in [-0.15, -0.1) is 0 Å². The molecule has 0 aliphatic heterocycles. The molecule has 1 atom stereocenters. The van der Waals surface area contributed by atoms with Crippen LogP contribution in [0.1, 0.15) is 108 Å². The average molecular weight is 572 g/mol. The summed E-state index contributed by atoms with van der Waals surface area (Å²) in [6.07, 6.45) is 17.2. The third-order valence-electron chi connectivity index (χ3n) is 10.2. The minimum absolute atomic E-state index is 0.253. The molecule has 0 spiro atoms. The quantitative estimate of drug-likeness (QED) is 0.128. The summed E-state index contributed by atoms with van der Waals surface area (Å²) in [7, 11) is 4.23. The van der Waals surface area contributed by atoms with Crippen LogP contribution < -0.4 is 0 Å². The molecule has 3 nitrogen and oxygen atoms in total. The van der Waals surface area contributed by atoms with Crippen molar-refractivity contribution < 1.29 is 9.53 Å². The number of esters is 1. The van der Waals surface area contributed by atoms with Gasteiger partial charge in [0.05, 0.1) is 6.61 Å². The summed E-state index contributed by atoms with van der Waals surface area (Å²) in [6, 6.07) is 18.7. The molecule has 0 saturated heterocycles. The van der Waals surface area contributed by atoms with Gasteiger partial charge in [0.1, 0.15) is 0 Å². The van der Waals surface area contributed by atoms with E-state index >= 15 is 0 Å². The number of aryl methyl sites for hydroxylation is 1. The topological polar surface area (TPSA) is 29.5 Å². The van der Waals surface area contributed by atoms with Crippen molar-refractivity contribution in [3.05, 3.63) is 71.8 Å². The molecule has 2 aliphatic carbocycles. The molecule has 42 heavy (non-hydrogen) atoms. The summed E-state index contributed by atoms with van der Waals surface area (Å²) in [6.45, 7) is 9.20. The van der Waals surface area contributed by atoms with Gasteiger partial charge in [-0.05, 0) is 125 Å². The van der Waals surface area contributed by atoms with Crippen LogP contribution in [-0.2, 0) is 16.0 Å². The van der Waals surface area contributed by atoms with E-state index in [1.807, 2.05) is 0 Å². The Balaban J connectivity index is 1.20. The van der Waals surface area contributed by atoms with Gasteiger partial charge in [-0.25, -0.2) is 4.79 Å². The van der Waals surface area contributed by atoms with E-state index < -0.39 is 0 Å². The molecule has 2 aliphatic rings. The molecule has 0 amide bonds. The molecule has 2 aromatic rings. The van der Waals surface area contributed by atoms with E-state index in [1.54, 1.807) is 6.92 Å². The van der Waals surface area contributed by atoms with Crippen LogP contribution >= 0.6 is 0 Å². The second-order valence-corrected chi connectivity index (χ2v) is 13.9. The SMILES string of the molecule is C=C(C)C(=O)OCC(CC1CCC(C2CCC(c3ccc(-c4ccc(CCCCC)cc4)cc3)CC2)CC1)CN(C)C. The number of benzene rings is 2. The first-order valence-corrected chi connectivity index (χ1v) is 17.0. The lowest BCUT2D eigenvalue weighted by atomic mass is 9.67. The average Bonchev–Trinajstić information content (AvgIpc) is 3.00. The first kappa shape index (κ1) is 32.5. The van der Waals surface area contributed by atoms with Gasteiger partial charge in [0, 0.05) is 18.0 Å². The summed E-state index contributed by atoms with van der Waals surface area (Å²) in [5.41, 5.74) is 6.16. The van der Waals surface area contributed by atoms with E-state index in [1.165, 1.54) is 106 Å². The summed E-state index contributed by atoms with van der Waals surface area (Å²) in [4.78, 5) is 14.2. The van der Waals surface area contributed by atoms with Crippen molar-refractivity contribution in [2.24, 2.45) is 23.7 Å². The van der Waals surface area contributed by atoms with Gasteiger partial charge in [-0.1, -0.05) is 87.7 Å². The number of hydrogen-bond acceptors (Lipinski definition) is 3. The van der Waals surface area contributed by atoms with Gasteiger partial charge in [-0.3, -0.25) is 0 Å². The van der Waals surface area contributed by atoms with Crippen LogP contribution in [0.4, 0.5) is 0 Å². The smallest absolute Gasteiger partial charge is 0.333 e. The van der Waals surface area contributed by atoms with Gasteiger partial charge in [0.2, 0.25) is 0 Å². The van der Waals surface area contributed by atoms with Crippen LogP contribution in [0, 0.1) is 23.7 Å². The van der Waals surface area contributed by atoms with Crippen molar-refractivity contribution in [1.29, 1.82) is 0 Å². The first-order chi connectivity index (χ1) is 20.3. The maximum atomic E-state index is 11.9. The zero-order chi connectivity index (χ0) is 29.9. The molecule has 230 valence electrons. The Labute approximate surface area is 257 Å². The standard InChI is InChI=1S/C39H57NO2/c1-6-7-8-9-30-10-14-33(15-11-30)35-18-22-37(23-19-35)38-24-20-36(21-25-38)34-16-12-31(13-17-34)26-32(27-40(4)5)28-42-39(41)29(2)3/h10-11,14-15,18-19,22-23,31-32,34,36,38H,2,6-9,12-13,16-17,20-21,24-28H2,1,3-5H3. The van der Waals surface area contributed by atoms with Crippen LogP contribution in [0.5, 0.6) is 0 Å². The second-order valence-electron chi connectivity index (χ2n) is 13.9. The minimum Gasteiger partial charge on any atom is -0.462 e. The third kappa shape index (κ3) is 9.83. The Kier molecular flexibility index (Phi) is 12.7. The van der Waals surface area contributed by atoms with Gasteiger partial charge in [0.25, 0.3) is 0 Å². The van der Waals surface area contributed by atoms with Gasteiger partial charge in [0.15, 0.2) is 0 Å². The molecule has 2 saturated carbocycles. The van der Waals surface area contributed by atoms with Gasteiger partial charge >= 0.3 is 5.97 Å². The normalized spacial score (nSPS) is 23.5. The van der Waals surface area contributed by atoms with E-state index in [2.05, 4.69) is 81.0 Å². The van der Waals surface area contributed by atoms with Crippen LogP contribution in [0.25, 0.3) is 11.1 Å². The van der Waals surface area contributed by atoms with E-state index in [4.69, 9.17) is 4.74 Å². The molecule has 4 rings (SSSR count). The molecule has 0 radical (unpaired) electrons. The number of nitrogens with zero attached hydrogens (tertiary/aromatic N) is 1. The maximum Gasteiger partial charge on any atom is 0.333 e. The Hall–Kier alpha value is -2.39. The van der Waals surface area contributed by atoms with E-state index in [0.717, 1.165) is 30.2 Å². The van der Waals surface area contributed by atoms with E-state index in [9.17, 15) is 4.79 Å². The van der Waals surface area contributed by atoms with Crippen molar-refractivity contribution >= 4 is 5.97 Å². The molecule has 3 heteroatoms. The number of hydrogen-bond donors (Lipinski definition) is 0. The molecule has 1 unspecified atom stereocenters. The van der Waals surface area contributed by atoms with Crippen LogP contribution in [0.15, 0.2) is 60.7 Å².